The summed E-state index contributed by atoms with van der Waals surface area (Å²) < 4.78 is 4.97. The molecule has 1 saturated heterocycles. The lowest BCUT2D eigenvalue weighted by Crippen LogP contribution is -2.19. The van der Waals surface area contributed by atoms with Crippen LogP contribution in [-0.4, -0.2) is 48.7 Å². The number of anilines is 1. The number of nitrogens with one attached hydrogen (secondary N) is 1. The van der Waals surface area contributed by atoms with Crippen molar-refractivity contribution >= 4 is 17.4 Å². The summed E-state index contributed by atoms with van der Waals surface area (Å²) in [5, 5.41) is 3.79. The van der Waals surface area contributed by atoms with Crippen molar-refractivity contribution in [3.8, 4) is 6.01 Å². The molecule has 6 heteroatoms. The molecule has 0 aromatic carbocycles. The molecule has 1 N–H and O–H groups in total. The Bertz CT molecular complexity index is 388. The topological polar surface area (TPSA) is 50.3 Å². The van der Waals surface area contributed by atoms with E-state index >= 15 is 0 Å². The summed E-state index contributed by atoms with van der Waals surface area (Å²) in [4.78, 5) is 10.4. The van der Waals surface area contributed by atoms with Crippen molar-refractivity contribution in [1.82, 2.24) is 14.9 Å². The van der Waals surface area contributed by atoms with Gasteiger partial charge < -0.3 is 15.0 Å². The summed E-state index contributed by atoms with van der Waals surface area (Å²) in [6, 6.07) is 0.334. The molecule has 1 fully saturated rings. The van der Waals surface area contributed by atoms with Crippen molar-refractivity contribution in [3.63, 3.8) is 0 Å². The minimum Gasteiger partial charge on any atom is -0.467 e. The number of nitrogens with zero attached hydrogens (tertiary/aromatic N) is 3. The first-order valence-corrected chi connectivity index (χ1v) is 6.05. The zero-order valence-electron chi connectivity index (χ0n) is 10.1. The zero-order chi connectivity index (χ0) is 12.3. The van der Waals surface area contributed by atoms with Crippen LogP contribution in [0.5, 0.6) is 6.01 Å². The minimum absolute atomic E-state index is 0.334. The van der Waals surface area contributed by atoms with Crippen LogP contribution in [0.4, 0.5) is 5.82 Å². The number of ether oxygens (including phenoxy) is 1. The molecule has 1 unspecified atom stereocenters. The summed E-state index contributed by atoms with van der Waals surface area (Å²) in [6.07, 6.45) is 2.76. The van der Waals surface area contributed by atoms with Gasteiger partial charge in [0.25, 0.3) is 0 Å². The largest absolute Gasteiger partial charge is 0.467 e. The highest BCUT2D eigenvalue weighted by atomic mass is 35.5. The fourth-order valence-corrected chi connectivity index (χ4v) is 2.17. The second-order valence-corrected chi connectivity index (χ2v) is 4.76. The van der Waals surface area contributed by atoms with Crippen molar-refractivity contribution in [1.29, 1.82) is 0 Å². The lowest BCUT2D eigenvalue weighted by Gasteiger charge is -2.13. The van der Waals surface area contributed by atoms with Gasteiger partial charge in [0.2, 0.25) is 0 Å². The van der Waals surface area contributed by atoms with Gasteiger partial charge in [0.1, 0.15) is 5.02 Å². The molecule has 1 aromatic rings. The molecule has 1 aromatic heterocycles. The number of likely N-dealkylation sites (tertiary alicyclic amines) is 1. The van der Waals surface area contributed by atoms with Crippen LogP contribution in [-0.2, 0) is 0 Å². The average molecular weight is 257 g/mol. The summed E-state index contributed by atoms with van der Waals surface area (Å²) in [5.74, 6) is 1.30. The Hall–Kier alpha value is -1.07. The van der Waals surface area contributed by atoms with Gasteiger partial charge in [-0.25, -0.2) is 4.98 Å². The van der Waals surface area contributed by atoms with Gasteiger partial charge in [0, 0.05) is 13.1 Å². The van der Waals surface area contributed by atoms with Crippen LogP contribution in [0.2, 0.25) is 5.02 Å². The molecule has 0 saturated carbocycles. The summed E-state index contributed by atoms with van der Waals surface area (Å²) in [6.45, 7) is 3.16. The van der Waals surface area contributed by atoms with E-state index in [4.69, 9.17) is 16.3 Å². The molecular weight excluding hydrogens is 240 g/mol. The molecule has 1 aliphatic rings. The van der Waals surface area contributed by atoms with E-state index in [0.29, 0.717) is 22.8 Å². The van der Waals surface area contributed by atoms with E-state index in [-0.39, 0.29) is 0 Å². The Kier molecular flexibility index (Phi) is 4.02. The molecule has 0 amide bonds. The first kappa shape index (κ1) is 12.4. The fraction of sp³-hybridized carbons (Fsp3) is 0.636. The molecule has 2 rings (SSSR count). The Balaban J connectivity index is 1.94. The van der Waals surface area contributed by atoms with Gasteiger partial charge in [-0.3, -0.25) is 0 Å². The van der Waals surface area contributed by atoms with Crippen LogP contribution < -0.4 is 10.1 Å². The van der Waals surface area contributed by atoms with E-state index in [0.717, 1.165) is 19.6 Å². The lowest BCUT2D eigenvalue weighted by atomic mass is 10.1. The number of hydrogen-bond acceptors (Lipinski definition) is 5. The van der Waals surface area contributed by atoms with Gasteiger partial charge >= 0.3 is 6.01 Å². The number of hydrogen-bond donors (Lipinski definition) is 1. The predicted molar refractivity (Wildman–Crippen MR) is 67.7 cm³/mol. The summed E-state index contributed by atoms with van der Waals surface area (Å²) in [5.41, 5.74) is 0. The second kappa shape index (κ2) is 5.51. The third-order valence-corrected chi connectivity index (χ3v) is 3.23. The third kappa shape index (κ3) is 3.20. The molecule has 1 aliphatic heterocycles. The Morgan fingerprint density at radius 1 is 1.65 bits per heavy atom. The highest BCUT2D eigenvalue weighted by Crippen LogP contribution is 2.21. The number of methoxy groups -OCH3 is 1. The van der Waals surface area contributed by atoms with Crippen LogP contribution in [0.1, 0.15) is 6.42 Å². The number of halogens is 1. The van der Waals surface area contributed by atoms with E-state index < -0.39 is 0 Å². The first-order chi connectivity index (χ1) is 8.19. The Morgan fingerprint density at radius 3 is 3.12 bits per heavy atom. The quantitative estimate of drug-likeness (QED) is 0.885. The van der Waals surface area contributed by atoms with Crippen molar-refractivity contribution < 1.29 is 4.74 Å². The minimum atomic E-state index is 0.334. The Labute approximate surface area is 106 Å². The number of aromatic nitrogens is 2. The number of rotatable bonds is 4. The average Bonchev–Trinajstić information content (AvgIpc) is 2.74. The standard InChI is InChI=1S/C11H17ClN4O/c1-16-4-3-8(7-16)5-13-10-9(12)6-14-11(15-10)17-2/h6,8H,3-5,7H2,1-2H3,(H,13,14,15). The fourth-order valence-electron chi connectivity index (χ4n) is 2.01. The smallest absolute Gasteiger partial charge is 0.318 e. The molecule has 94 valence electrons. The predicted octanol–water partition coefficient (Wildman–Crippen LogP) is 1.50. The molecule has 0 radical (unpaired) electrons. The van der Waals surface area contributed by atoms with Gasteiger partial charge in [-0.1, -0.05) is 11.6 Å². The van der Waals surface area contributed by atoms with Gasteiger partial charge in [0.05, 0.1) is 13.3 Å². The molecule has 5 nitrogen and oxygen atoms in total. The van der Waals surface area contributed by atoms with E-state index in [9.17, 15) is 0 Å². The molecule has 17 heavy (non-hydrogen) atoms. The lowest BCUT2D eigenvalue weighted by molar-refractivity contribution is 0.380. The van der Waals surface area contributed by atoms with E-state index in [1.807, 2.05) is 0 Å². The molecular formula is C11H17ClN4O. The highest BCUT2D eigenvalue weighted by Gasteiger charge is 2.19. The van der Waals surface area contributed by atoms with Crippen molar-refractivity contribution in [3.05, 3.63) is 11.2 Å². The SMILES string of the molecule is COc1ncc(Cl)c(NCC2CCN(C)C2)n1. The molecule has 0 spiro atoms. The van der Waals surface area contributed by atoms with Gasteiger partial charge in [-0.05, 0) is 25.9 Å². The van der Waals surface area contributed by atoms with Crippen LogP contribution in [0.25, 0.3) is 0 Å². The van der Waals surface area contributed by atoms with Crippen LogP contribution in [0, 0.1) is 5.92 Å². The van der Waals surface area contributed by atoms with Crippen molar-refractivity contribution in [2.24, 2.45) is 5.92 Å². The van der Waals surface area contributed by atoms with E-state index in [1.54, 1.807) is 13.3 Å². The van der Waals surface area contributed by atoms with Gasteiger partial charge in [-0.2, -0.15) is 4.98 Å². The van der Waals surface area contributed by atoms with Crippen LogP contribution >= 0.6 is 11.6 Å². The monoisotopic (exact) mass is 256 g/mol. The van der Waals surface area contributed by atoms with Crippen molar-refractivity contribution in [2.75, 3.05) is 39.1 Å². The molecule has 0 aliphatic carbocycles. The Morgan fingerprint density at radius 2 is 2.47 bits per heavy atom. The van der Waals surface area contributed by atoms with E-state index in [2.05, 4.69) is 27.2 Å². The zero-order valence-corrected chi connectivity index (χ0v) is 10.9. The maximum Gasteiger partial charge on any atom is 0.318 e. The van der Waals surface area contributed by atoms with Gasteiger partial charge in [0.15, 0.2) is 5.82 Å². The highest BCUT2D eigenvalue weighted by molar-refractivity contribution is 6.32. The van der Waals surface area contributed by atoms with Gasteiger partial charge in [-0.15, -0.1) is 0 Å². The normalized spacial score (nSPS) is 20.5. The summed E-state index contributed by atoms with van der Waals surface area (Å²) >= 11 is 6.01. The summed E-state index contributed by atoms with van der Waals surface area (Å²) in [7, 11) is 3.68. The van der Waals surface area contributed by atoms with E-state index in [1.165, 1.54) is 6.42 Å². The maximum atomic E-state index is 6.01. The molecule has 1 atom stereocenters. The third-order valence-electron chi connectivity index (χ3n) is 2.95. The van der Waals surface area contributed by atoms with Crippen molar-refractivity contribution in [2.45, 2.75) is 6.42 Å². The molecule has 2 heterocycles. The van der Waals surface area contributed by atoms with Crippen LogP contribution in [0.15, 0.2) is 6.20 Å². The molecule has 0 bridgehead atoms. The van der Waals surface area contributed by atoms with Crippen LogP contribution in [0.3, 0.4) is 0 Å². The second-order valence-electron chi connectivity index (χ2n) is 4.35. The first-order valence-electron chi connectivity index (χ1n) is 5.68. The maximum absolute atomic E-state index is 6.01.